The van der Waals surface area contributed by atoms with Crippen molar-refractivity contribution in [2.24, 2.45) is 5.92 Å². The van der Waals surface area contributed by atoms with Crippen LogP contribution in [-0.2, 0) is 0 Å². The van der Waals surface area contributed by atoms with Crippen LogP contribution in [0, 0.1) is 5.92 Å². The van der Waals surface area contributed by atoms with Crippen LogP contribution < -0.4 is 17.7 Å². The lowest BCUT2D eigenvalue weighted by atomic mass is 9.81. The molecule has 1 fully saturated rings. The molecule has 0 saturated carbocycles. The van der Waals surface area contributed by atoms with E-state index in [9.17, 15) is 0 Å². The molecule has 0 aromatic heterocycles. The van der Waals surface area contributed by atoms with E-state index < -0.39 is 0 Å². The summed E-state index contributed by atoms with van der Waals surface area (Å²) in [6, 6.07) is 9.23. The zero-order valence-corrected chi connectivity index (χ0v) is 13.4. The zero-order chi connectivity index (χ0) is 13.0. The zero-order valence-electron chi connectivity index (χ0n) is 11.9. The third-order valence-electron chi connectivity index (χ3n) is 3.98. The highest BCUT2D eigenvalue weighted by Gasteiger charge is 2.28. The monoisotopic (exact) mass is 301 g/mol. The van der Waals surface area contributed by atoms with Gasteiger partial charge in [0, 0.05) is 17.4 Å². The fourth-order valence-electron chi connectivity index (χ4n) is 3.14. The predicted molar refractivity (Wildman–Crippen MR) is 78.1 cm³/mol. The second kappa shape index (κ2) is 8.14. The minimum Gasteiger partial charge on any atom is -1.00 e. The van der Waals surface area contributed by atoms with Crippen molar-refractivity contribution in [1.29, 1.82) is 0 Å². The second-order valence-electron chi connectivity index (χ2n) is 5.98. The highest BCUT2D eigenvalue weighted by atomic mass is 35.5. The van der Waals surface area contributed by atoms with Crippen LogP contribution in [0.15, 0.2) is 24.3 Å². The van der Waals surface area contributed by atoms with Gasteiger partial charge in [0.2, 0.25) is 0 Å². The minimum atomic E-state index is 0. The molecule has 0 bridgehead atoms. The first kappa shape index (κ1) is 16.8. The SMILES string of the molecule is CC(C)C[C@@H](c1cccc(Cl)c1)[C@H]1CCCC[NH2+]1.[Cl-]. The van der Waals surface area contributed by atoms with Crippen molar-refractivity contribution in [3.63, 3.8) is 0 Å². The van der Waals surface area contributed by atoms with Crippen LogP contribution in [-0.4, -0.2) is 12.6 Å². The average molecular weight is 302 g/mol. The molecule has 3 heteroatoms. The van der Waals surface area contributed by atoms with Crippen molar-refractivity contribution >= 4 is 11.6 Å². The average Bonchev–Trinajstić information content (AvgIpc) is 2.37. The predicted octanol–water partition coefficient (Wildman–Crippen LogP) is 0.590. The molecule has 0 radical (unpaired) electrons. The van der Waals surface area contributed by atoms with Crippen molar-refractivity contribution in [3.8, 4) is 0 Å². The number of hydrogen-bond acceptors (Lipinski definition) is 0. The molecule has 0 spiro atoms. The van der Waals surface area contributed by atoms with E-state index in [2.05, 4.69) is 37.4 Å². The van der Waals surface area contributed by atoms with E-state index in [0.29, 0.717) is 5.92 Å². The Labute approximate surface area is 128 Å². The molecule has 2 N–H and O–H groups in total. The standard InChI is InChI=1S/C16H24ClN.ClH/c1-12(2)10-15(16-8-3-4-9-18-16)13-6-5-7-14(17)11-13;/h5-7,11-12,15-16,18H,3-4,8-10H2,1-2H3;1H/t15-,16+;/m0./s1. The molecule has 19 heavy (non-hydrogen) atoms. The van der Waals surface area contributed by atoms with Crippen molar-refractivity contribution in [2.45, 2.75) is 51.5 Å². The molecule has 0 aliphatic carbocycles. The first-order valence-electron chi connectivity index (χ1n) is 7.25. The van der Waals surface area contributed by atoms with Crippen LogP contribution in [0.4, 0.5) is 0 Å². The maximum absolute atomic E-state index is 6.15. The molecule has 1 saturated heterocycles. The summed E-state index contributed by atoms with van der Waals surface area (Å²) < 4.78 is 0. The molecule has 1 aromatic carbocycles. The number of nitrogens with two attached hydrogens (primary N) is 1. The Morgan fingerprint density at radius 2 is 2.11 bits per heavy atom. The maximum Gasteiger partial charge on any atom is 0.0928 e. The molecule has 108 valence electrons. The number of benzene rings is 1. The number of halogens is 2. The smallest absolute Gasteiger partial charge is 0.0928 e. The van der Waals surface area contributed by atoms with E-state index in [-0.39, 0.29) is 12.4 Å². The number of hydrogen-bond donors (Lipinski definition) is 1. The first-order chi connectivity index (χ1) is 8.66. The lowest BCUT2D eigenvalue weighted by Crippen LogP contribution is -3.00. The van der Waals surface area contributed by atoms with Gasteiger partial charge in [-0.2, -0.15) is 0 Å². The Balaban J connectivity index is 0.00000180. The van der Waals surface area contributed by atoms with Crippen LogP contribution in [0.2, 0.25) is 5.02 Å². The summed E-state index contributed by atoms with van der Waals surface area (Å²) in [5.41, 5.74) is 1.43. The van der Waals surface area contributed by atoms with Gasteiger partial charge in [-0.25, -0.2) is 0 Å². The van der Waals surface area contributed by atoms with Crippen molar-refractivity contribution in [2.75, 3.05) is 6.54 Å². The molecule has 1 aromatic rings. The Hall–Kier alpha value is -0.240. The van der Waals surface area contributed by atoms with Crippen molar-refractivity contribution in [1.82, 2.24) is 0 Å². The van der Waals surface area contributed by atoms with Gasteiger partial charge in [0.1, 0.15) is 0 Å². The van der Waals surface area contributed by atoms with Gasteiger partial charge in [0.15, 0.2) is 0 Å². The Morgan fingerprint density at radius 3 is 2.68 bits per heavy atom. The van der Waals surface area contributed by atoms with Gasteiger partial charge in [-0.3, -0.25) is 0 Å². The van der Waals surface area contributed by atoms with Crippen molar-refractivity contribution < 1.29 is 17.7 Å². The molecule has 0 amide bonds. The van der Waals surface area contributed by atoms with Gasteiger partial charge in [0.25, 0.3) is 0 Å². The fraction of sp³-hybridized carbons (Fsp3) is 0.625. The second-order valence-corrected chi connectivity index (χ2v) is 6.41. The molecule has 1 nitrogen and oxygen atoms in total. The van der Waals surface area contributed by atoms with E-state index in [0.717, 1.165) is 17.0 Å². The molecular formula is C16H25Cl2N. The molecule has 1 aliphatic rings. The minimum absolute atomic E-state index is 0. The summed E-state index contributed by atoms with van der Waals surface area (Å²) in [4.78, 5) is 0. The van der Waals surface area contributed by atoms with E-state index in [1.165, 1.54) is 37.8 Å². The van der Waals surface area contributed by atoms with Gasteiger partial charge < -0.3 is 17.7 Å². The van der Waals surface area contributed by atoms with Crippen LogP contribution in [0.5, 0.6) is 0 Å². The van der Waals surface area contributed by atoms with E-state index in [1.807, 2.05) is 6.07 Å². The van der Waals surface area contributed by atoms with Crippen LogP contribution in [0.3, 0.4) is 0 Å². The lowest BCUT2D eigenvalue weighted by Gasteiger charge is -2.30. The quantitative estimate of drug-likeness (QED) is 0.838. The molecular weight excluding hydrogens is 277 g/mol. The van der Waals surface area contributed by atoms with E-state index in [1.54, 1.807) is 0 Å². The third kappa shape index (κ3) is 4.98. The summed E-state index contributed by atoms with van der Waals surface area (Å²) in [5.74, 6) is 1.40. The van der Waals surface area contributed by atoms with E-state index in [4.69, 9.17) is 11.6 Å². The molecule has 2 rings (SSSR count). The molecule has 2 atom stereocenters. The Kier molecular flexibility index (Phi) is 7.20. The summed E-state index contributed by atoms with van der Waals surface area (Å²) in [5, 5.41) is 3.43. The topological polar surface area (TPSA) is 16.6 Å². The summed E-state index contributed by atoms with van der Waals surface area (Å²) >= 11 is 6.15. The van der Waals surface area contributed by atoms with Crippen LogP contribution >= 0.6 is 11.6 Å². The van der Waals surface area contributed by atoms with Gasteiger partial charge in [0.05, 0.1) is 12.6 Å². The first-order valence-corrected chi connectivity index (χ1v) is 7.63. The van der Waals surface area contributed by atoms with Gasteiger partial charge >= 0.3 is 0 Å². The number of quaternary nitrogens is 1. The highest BCUT2D eigenvalue weighted by Crippen LogP contribution is 2.30. The van der Waals surface area contributed by atoms with E-state index >= 15 is 0 Å². The summed E-state index contributed by atoms with van der Waals surface area (Å²) in [6.07, 6.45) is 5.38. The van der Waals surface area contributed by atoms with Gasteiger partial charge in [-0.1, -0.05) is 37.6 Å². The number of rotatable bonds is 4. The van der Waals surface area contributed by atoms with Gasteiger partial charge in [-0.15, -0.1) is 0 Å². The Morgan fingerprint density at radius 1 is 1.32 bits per heavy atom. The van der Waals surface area contributed by atoms with Crippen molar-refractivity contribution in [3.05, 3.63) is 34.9 Å². The third-order valence-corrected chi connectivity index (χ3v) is 4.22. The Bertz CT molecular complexity index is 373. The molecule has 0 unspecified atom stereocenters. The van der Waals surface area contributed by atoms with Gasteiger partial charge in [-0.05, 0) is 42.9 Å². The fourth-order valence-corrected chi connectivity index (χ4v) is 3.34. The van der Waals surface area contributed by atoms with Crippen LogP contribution in [0.1, 0.15) is 51.0 Å². The normalized spacial score (nSPS) is 20.9. The lowest BCUT2D eigenvalue weighted by molar-refractivity contribution is -0.700. The largest absolute Gasteiger partial charge is 1.00 e. The highest BCUT2D eigenvalue weighted by molar-refractivity contribution is 6.30. The number of piperidine rings is 1. The molecule has 1 aliphatic heterocycles. The summed E-state index contributed by atoms with van der Waals surface area (Å²) in [7, 11) is 0. The molecule has 1 heterocycles. The van der Waals surface area contributed by atoms with Crippen LogP contribution in [0.25, 0.3) is 0 Å². The maximum atomic E-state index is 6.15. The summed E-state index contributed by atoms with van der Waals surface area (Å²) in [6.45, 7) is 5.93.